The highest BCUT2D eigenvalue weighted by molar-refractivity contribution is 5.84. The molecule has 0 aromatic rings. The van der Waals surface area contributed by atoms with E-state index in [1.165, 1.54) is 0 Å². The first-order chi connectivity index (χ1) is 6.27. The van der Waals surface area contributed by atoms with Crippen molar-refractivity contribution in [3.8, 4) is 0 Å². The first kappa shape index (κ1) is 13.4. The van der Waals surface area contributed by atoms with Crippen molar-refractivity contribution in [2.24, 2.45) is 5.73 Å². The molecule has 0 aliphatic heterocycles. The van der Waals surface area contributed by atoms with Crippen molar-refractivity contribution in [2.45, 2.75) is 45.3 Å². The summed E-state index contributed by atoms with van der Waals surface area (Å²) in [6, 6.07) is 0. The summed E-state index contributed by atoms with van der Waals surface area (Å²) in [5, 5.41) is 2.88. The molecule has 1 atom stereocenters. The van der Waals surface area contributed by atoms with Gasteiger partial charge in [0, 0.05) is 0 Å². The third-order valence-corrected chi connectivity index (χ3v) is 2.70. The van der Waals surface area contributed by atoms with Gasteiger partial charge in [-0.2, -0.15) is 0 Å². The third-order valence-electron chi connectivity index (χ3n) is 2.70. The molecule has 0 bridgehead atoms. The molecule has 0 rings (SSSR count). The van der Waals surface area contributed by atoms with E-state index in [9.17, 15) is 4.79 Å². The van der Waals surface area contributed by atoms with E-state index in [4.69, 9.17) is 10.5 Å². The summed E-state index contributed by atoms with van der Waals surface area (Å²) in [4.78, 5) is 11.1. The fraction of sp³-hybridized carbons (Fsp3) is 0.900. The molecule has 0 radical (unpaired) electrons. The zero-order chi connectivity index (χ0) is 11.4. The van der Waals surface area contributed by atoms with Crippen LogP contribution in [0.15, 0.2) is 0 Å². The molecule has 0 aliphatic carbocycles. The highest BCUT2D eigenvalue weighted by Gasteiger charge is 2.31. The number of primary amides is 1. The van der Waals surface area contributed by atoms with Crippen LogP contribution in [0, 0.1) is 0 Å². The lowest BCUT2D eigenvalue weighted by molar-refractivity contribution is -0.129. The van der Waals surface area contributed by atoms with Crippen molar-refractivity contribution in [1.82, 2.24) is 5.32 Å². The van der Waals surface area contributed by atoms with E-state index in [1.807, 2.05) is 20.8 Å². The van der Waals surface area contributed by atoms with Gasteiger partial charge in [0.15, 0.2) is 0 Å². The van der Waals surface area contributed by atoms with E-state index < -0.39 is 11.4 Å². The number of rotatable bonds is 6. The SMILES string of the molecule is CCC(C)(C)OCC(C)(NC)C(N)=O. The maximum atomic E-state index is 11.1. The number of hydrogen-bond acceptors (Lipinski definition) is 3. The van der Waals surface area contributed by atoms with Gasteiger partial charge in [-0.25, -0.2) is 0 Å². The van der Waals surface area contributed by atoms with E-state index in [2.05, 4.69) is 5.32 Å². The molecule has 4 nitrogen and oxygen atoms in total. The summed E-state index contributed by atoms with van der Waals surface area (Å²) in [5.74, 6) is -0.396. The van der Waals surface area contributed by atoms with Crippen molar-refractivity contribution < 1.29 is 9.53 Å². The fourth-order valence-electron chi connectivity index (χ4n) is 0.708. The highest BCUT2D eigenvalue weighted by atomic mass is 16.5. The number of carbonyl (C=O) groups is 1. The number of hydrogen-bond donors (Lipinski definition) is 2. The molecule has 0 heterocycles. The molecule has 1 amide bonds. The average Bonchev–Trinajstić information content (AvgIpc) is 2.14. The molecule has 1 unspecified atom stereocenters. The quantitative estimate of drug-likeness (QED) is 0.665. The van der Waals surface area contributed by atoms with Crippen LogP contribution in [0.5, 0.6) is 0 Å². The van der Waals surface area contributed by atoms with Crippen LogP contribution in [0.2, 0.25) is 0 Å². The summed E-state index contributed by atoms with van der Waals surface area (Å²) in [5.41, 5.74) is 4.27. The van der Waals surface area contributed by atoms with Gasteiger partial charge < -0.3 is 15.8 Å². The Morgan fingerprint density at radius 3 is 2.21 bits per heavy atom. The lowest BCUT2D eigenvalue weighted by Crippen LogP contribution is -2.56. The lowest BCUT2D eigenvalue weighted by atomic mass is 10.0. The van der Waals surface area contributed by atoms with Crippen molar-refractivity contribution in [2.75, 3.05) is 13.7 Å². The van der Waals surface area contributed by atoms with Gasteiger partial charge in [0.2, 0.25) is 5.91 Å². The molecule has 4 heteroatoms. The number of nitrogens with one attached hydrogen (secondary N) is 1. The maximum absolute atomic E-state index is 11.1. The number of amides is 1. The molecule has 0 saturated heterocycles. The zero-order valence-electron chi connectivity index (χ0n) is 9.81. The van der Waals surface area contributed by atoms with Crippen molar-refractivity contribution >= 4 is 5.91 Å². The molecule has 84 valence electrons. The smallest absolute Gasteiger partial charge is 0.239 e. The average molecular weight is 202 g/mol. The molecule has 0 fully saturated rings. The van der Waals surface area contributed by atoms with Crippen molar-refractivity contribution in [3.63, 3.8) is 0 Å². The molecule has 0 aromatic carbocycles. The Bertz CT molecular complexity index is 204. The van der Waals surface area contributed by atoms with E-state index in [1.54, 1.807) is 14.0 Å². The summed E-state index contributed by atoms with van der Waals surface area (Å²) >= 11 is 0. The predicted molar refractivity (Wildman–Crippen MR) is 57.0 cm³/mol. The van der Waals surface area contributed by atoms with Crippen LogP contribution >= 0.6 is 0 Å². The van der Waals surface area contributed by atoms with Gasteiger partial charge in [0.25, 0.3) is 0 Å². The zero-order valence-corrected chi connectivity index (χ0v) is 9.81. The standard InChI is InChI=1S/C10H22N2O2/c1-6-9(2,3)14-7-10(4,12-5)8(11)13/h12H,6-7H2,1-5H3,(H2,11,13). The summed E-state index contributed by atoms with van der Waals surface area (Å²) in [6.45, 7) is 8.05. The Balaban J connectivity index is 4.29. The topological polar surface area (TPSA) is 64.3 Å². The summed E-state index contributed by atoms with van der Waals surface area (Å²) in [7, 11) is 1.70. The fourth-order valence-corrected chi connectivity index (χ4v) is 0.708. The van der Waals surface area contributed by atoms with E-state index >= 15 is 0 Å². The van der Waals surface area contributed by atoms with Crippen LogP contribution in [0.25, 0.3) is 0 Å². The van der Waals surface area contributed by atoms with Crippen LogP contribution in [0.4, 0.5) is 0 Å². The van der Waals surface area contributed by atoms with Crippen molar-refractivity contribution in [1.29, 1.82) is 0 Å². The highest BCUT2D eigenvalue weighted by Crippen LogP contribution is 2.16. The maximum Gasteiger partial charge on any atom is 0.239 e. The van der Waals surface area contributed by atoms with Gasteiger partial charge in [-0.3, -0.25) is 4.79 Å². The molecule has 0 spiro atoms. The van der Waals surface area contributed by atoms with Gasteiger partial charge in [0.1, 0.15) is 5.54 Å². The molecular formula is C10H22N2O2. The molecule has 0 aliphatic rings. The largest absolute Gasteiger partial charge is 0.373 e. The van der Waals surface area contributed by atoms with E-state index in [0.29, 0.717) is 6.61 Å². The first-order valence-electron chi connectivity index (χ1n) is 4.90. The normalized spacial score (nSPS) is 16.4. The minimum Gasteiger partial charge on any atom is -0.373 e. The van der Waals surface area contributed by atoms with Crippen LogP contribution in [0.3, 0.4) is 0 Å². The number of carbonyl (C=O) groups excluding carboxylic acids is 1. The first-order valence-corrected chi connectivity index (χ1v) is 4.90. The Morgan fingerprint density at radius 1 is 1.43 bits per heavy atom. The monoisotopic (exact) mass is 202 g/mol. The lowest BCUT2D eigenvalue weighted by Gasteiger charge is -2.31. The van der Waals surface area contributed by atoms with Crippen LogP contribution in [-0.2, 0) is 9.53 Å². The van der Waals surface area contributed by atoms with Crippen LogP contribution in [0.1, 0.15) is 34.1 Å². The summed E-state index contributed by atoms with van der Waals surface area (Å²) in [6.07, 6.45) is 0.894. The Labute approximate surface area is 86.2 Å². The van der Waals surface area contributed by atoms with Gasteiger partial charge in [0.05, 0.1) is 12.2 Å². The van der Waals surface area contributed by atoms with Gasteiger partial charge in [-0.05, 0) is 34.2 Å². The molecule has 3 N–H and O–H groups in total. The summed E-state index contributed by atoms with van der Waals surface area (Å²) < 4.78 is 5.63. The second-order valence-corrected chi connectivity index (χ2v) is 4.35. The molecule has 14 heavy (non-hydrogen) atoms. The van der Waals surface area contributed by atoms with Crippen LogP contribution < -0.4 is 11.1 Å². The van der Waals surface area contributed by atoms with E-state index in [-0.39, 0.29) is 5.60 Å². The minimum absolute atomic E-state index is 0.215. The predicted octanol–water partition coefficient (Wildman–Crippen LogP) is 0.655. The van der Waals surface area contributed by atoms with E-state index in [0.717, 1.165) is 6.42 Å². The molecular weight excluding hydrogens is 180 g/mol. The number of likely N-dealkylation sites (N-methyl/N-ethyl adjacent to an activating group) is 1. The third kappa shape index (κ3) is 3.64. The van der Waals surface area contributed by atoms with Crippen molar-refractivity contribution in [3.05, 3.63) is 0 Å². The van der Waals surface area contributed by atoms with Crippen LogP contribution in [-0.4, -0.2) is 30.7 Å². The Hall–Kier alpha value is -0.610. The number of nitrogens with two attached hydrogens (primary N) is 1. The Kier molecular flexibility index (Phi) is 4.55. The van der Waals surface area contributed by atoms with Gasteiger partial charge in [-0.1, -0.05) is 6.92 Å². The van der Waals surface area contributed by atoms with Gasteiger partial charge in [-0.15, -0.1) is 0 Å². The molecule has 0 saturated carbocycles. The second-order valence-electron chi connectivity index (χ2n) is 4.35. The van der Waals surface area contributed by atoms with Gasteiger partial charge >= 0.3 is 0 Å². The second kappa shape index (κ2) is 4.75. The Morgan fingerprint density at radius 2 is 1.93 bits per heavy atom. The minimum atomic E-state index is -0.785. The number of ether oxygens (including phenoxy) is 1. The molecule has 0 aromatic heterocycles.